The first-order chi connectivity index (χ1) is 9.26. The molecule has 1 N–H and O–H groups in total. The minimum absolute atomic E-state index is 0.0323. The van der Waals surface area contributed by atoms with Crippen LogP contribution >= 0.6 is 0 Å². The lowest BCUT2D eigenvalue weighted by Gasteiger charge is -2.22. The molecule has 0 spiro atoms. The fraction of sp³-hybridized carbons (Fsp3) is 0.562. The summed E-state index contributed by atoms with van der Waals surface area (Å²) in [7, 11) is 0. The second kappa shape index (κ2) is 6.71. The number of carbonyl (C=O) groups is 1. The first-order valence-corrected chi connectivity index (χ1v) is 7.36. The van der Waals surface area contributed by atoms with Crippen molar-refractivity contribution in [3.8, 4) is 0 Å². The molecule has 2 rings (SSSR count). The van der Waals surface area contributed by atoms with Crippen LogP contribution in [0.25, 0.3) is 0 Å². The average Bonchev–Trinajstić information content (AvgIpc) is 2.81. The van der Waals surface area contributed by atoms with Crippen LogP contribution in [0.2, 0.25) is 0 Å². The number of rotatable bonds is 7. The molecule has 1 heterocycles. The van der Waals surface area contributed by atoms with Crippen LogP contribution in [0.15, 0.2) is 35.7 Å². The van der Waals surface area contributed by atoms with Crippen LogP contribution in [0.1, 0.15) is 33.1 Å². The second-order valence-electron chi connectivity index (χ2n) is 5.27. The van der Waals surface area contributed by atoms with E-state index in [-0.39, 0.29) is 11.7 Å². The number of hydrogen-bond donors (Lipinski definition) is 1. The van der Waals surface area contributed by atoms with Gasteiger partial charge in [-0.05, 0) is 50.1 Å². The zero-order chi connectivity index (χ0) is 13.7. The summed E-state index contributed by atoms with van der Waals surface area (Å²) in [6.07, 6.45) is 10.9. The van der Waals surface area contributed by atoms with Crippen molar-refractivity contribution in [1.29, 1.82) is 0 Å². The van der Waals surface area contributed by atoms with E-state index in [0.717, 1.165) is 31.8 Å². The number of allylic oxidation sites excluding steroid dienone is 4. The van der Waals surface area contributed by atoms with Gasteiger partial charge >= 0.3 is 0 Å². The fourth-order valence-corrected chi connectivity index (χ4v) is 2.84. The minimum atomic E-state index is -0.0323. The van der Waals surface area contributed by atoms with Gasteiger partial charge in [0.25, 0.3) is 0 Å². The largest absolute Gasteiger partial charge is 0.364 e. The lowest BCUT2D eigenvalue weighted by atomic mass is 9.89. The molecule has 19 heavy (non-hydrogen) atoms. The van der Waals surface area contributed by atoms with Crippen LogP contribution in [0.3, 0.4) is 0 Å². The Morgan fingerprint density at radius 2 is 1.95 bits per heavy atom. The highest BCUT2D eigenvalue weighted by Crippen LogP contribution is 2.30. The van der Waals surface area contributed by atoms with Crippen molar-refractivity contribution in [3.05, 3.63) is 35.7 Å². The molecular formula is C16H24N2O. The highest BCUT2D eigenvalue weighted by molar-refractivity contribution is 5.98. The van der Waals surface area contributed by atoms with Gasteiger partial charge in [0.15, 0.2) is 5.78 Å². The summed E-state index contributed by atoms with van der Waals surface area (Å²) >= 11 is 0. The maximum Gasteiger partial charge on any atom is 0.168 e. The van der Waals surface area contributed by atoms with Crippen LogP contribution < -0.4 is 5.32 Å². The topological polar surface area (TPSA) is 32.3 Å². The molecule has 1 unspecified atom stereocenters. The zero-order valence-corrected chi connectivity index (χ0v) is 12.0. The van der Waals surface area contributed by atoms with E-state index in [4.69, 9.17) is 0 Å². The van der Waals surface area contributed by atoms with Crippen molar-refractivity contribution in [2.24, 2.45) is 5.92 Å². The SMILES string of the molecule is CCCN(CCC)CCC1=CNC2=CC=CC(=O)C12. The van der Waals surface area contributed by atoms with Gasteiger partial charge in [-0.1, -0.05) is 19.9 Å². The molecule has 3 heteroatoms. The summed E-state index contributed by atoms with van der Waals surface area (Å²) in [6, 6.07) is 0. The summed E-state index contributed by atoms with van der Waals surface area (Å²) in [5.74, 6) is 0.182. The van der Waals surface area contributed by atoms with Crippen LogP contribution in [0, 0.1) is 5.92 Å². The smallest absolute Gasteiger partial charge is 0.168 e. The molecule has 1 atom stereocenters. The maximum absolute atomic E-state index is 12.0. The molecule has 0 aromatic rings. The third-order valence-electron chi connectivity index (χ3n) is 3.72. The molecule has 1 aliphatic heterocycles. The number of carbonyl (C=O) groups excluding carboxylic acids is 1. The van der Waals surface area contributed by atoms with Crippen LogP contribution in [0.5, 0.6) is 0 Å². The van der Waals surface area contributed by atoms with E-state index in [9.17, 15) is 4.79 Å². The number of nitrogens with zero attached hydrogens (tertiary/aromatic N) is 1. The molecule has 3 nitrogen and oxygen atoms in total. The van der Waals surface area contributed by atoms with Gasteiger partial charge in [-0.25, -0.2) is 0 Å². The van der Waals surface area contributed by atoms with Crippen molar-refractivity contribution in [2.75, 3.05) is 19.6 Å². The number of hydrogen-bond acceptors (Lipinski definition) is 3. The molecule has 104 valence electrons. The summed E-state index contributed by atoms with van der Waals surface area (Å²) in [5.41, 5.74) is 2.28. The van der Waals surface area contributed by atoms with Gasteiger partial charge in [0.05, 0.1) is 5.92 Å². The summed E-state index contributed by atoms with van der Waals surface area (Å²) < 4.78 is 0. The van der Waals surface area contributed by atoms with Crippen molar-refractivity contribution in [2.45, 2.75) is 33.1 Å². The van der Waals surface area contributed by atoms with Gasteiger partial charge < -0.3 is 10.2 Å². The average molecular weight is 260 g/mol. The highest BCUT2D eigenvalue weighted by Gasteiger charge is 2.30. The predicted molar refractivity (Wildman–Crippen MR) is 78.6 cm³/mol. The van der Waals surface area contributed by atoms with Gasteiger partial charge in [-0.15, -0.1) is 0 Å². The maximum atomic E-state index is 12.0. The van der Waals surface area contributed by atoms with E-state index in [1.54, 1.807) is 6.08 Å². The molecule has 0 radical (unpaired) electrons. The van der Waals surface area contributed by atoms with E-state index in [2.05, 4.69) is 24.1 Å². The predicted octanol–water partition coefficient (Wildman–Crippen LogP) is 2.62. The summed E-state index contributed by atoms with van der Waals surface area (Å²) in [6.45, 7) is 7.78. The number of nitrogens with one attached hydrogen (secondary N) is 1. The van der Waals surface area contributed by atoms with Crippen LogP contribution in [-0.2, 0) is 4.79 Å². The first kappa shape index (κ1) is 14.1. The van der Waals surface area contributed by atoms with Gasteiger partial charge in [-0.2, -0.15) is 0 Å². The molecular weight excluding hydrogens is 236 g/mol. The van der Waals surface area contributed by atoms with E-state index >= 15 is 0 Å². The second-order valence-corrected chi connectivity index (χ2v) is 5.27. The normalized spacial score (nSPS) is 21.2. The lowest BCUT2D eigenvalue weighted by Crippen LogP contribution is -2.28. The Hall–Kier alpha value is -1.35. The molecule has 0 fully saturated rings. The highest BCUT2D eigenvalue weighted by atomic mass is 16.1. The Morgan fingerprint density at radius 1 is 1.21 bits per heavy atom. The summed E-state index contributed by atoms with van der Waals surface area (Å²) in [5, 5.41) is 3.24. The van der Waals surface area contributed by atoms with E-state index in [0.29, 0.717) is 0 Å². The van der Waals surface area contributed by atoms with E-state index in [1.165, 1.54) is 18.4 Å². The molecule has 0 bridgehead atoms. The van der Waals surface area contributed by atoms with Crippen molar-refractivity contribution in [1.82, 2.24) is 10.2 Å². The Balaban J connectivity index is 1.91. The van der Waals surface area contributed by atoms with Crippen LogP contribution in [0.4, 0.5) is 0 Å². The molecule has 2 aliphatic rings. The van der Waals surface area contributed by atoms with Gasteiger partial charge in [-0.3, -0.25) is 4.79 Å². The Labute approximate surface area is 116 Å². The zero-order valence-electron chi connectivity index (χ0n) is 12.0. The third-order valence-corrected chi connectivity index (χ3v) is 3.72. The van der Waals surface area contributed by atoms with Crippen molar-refractivity contribution < 1.29 is 4.79 Å². The minimum Gasteiger partial charge on any atom is -0.364 e. The Bertz CT molecular complexity index is 414. The first-order valence-electron chi connectivity index (χ1n) is 7.36. The van der Waals surface area contributed by atoms with Crippen molar-refractivity contribution in [3.63, 3.8) is 0 Å². The van der Waals surface area contributed by atoms with Gasteiger partial charge in [0.1, 0.15) is 0 Å². The monoisotopic (exact) mass is 260 g/mol. The van der Waals surface area contributed by atoms with Gasteiger partial charge in [0.2, 0.25) is 0 Å². The lowest BCUT2D eigenvalue weighted by molar-refractivity contribution is -0.116. The van der Waals surface area contributed by atoms with E-state index < -0.39 is 0 Å². The number of fused-ring (bicyclic) bond motifs is 1. The van der Waals surface area contributed by atoms with Crippen LogP contribution in [-0.4, -0.2) is 30.3 Å². The molecule has 0 amide bonds. The quantitative estimate of drug-likeness (QED) is 0.763. The fourth-order valence-electron chi connectivity index (χ4n) is 2.84. The molecule has 0 aromatic carbocycles. The Kier molecular flexibility index (Phi) is 4.97. The summed E-state index contributed by atoms with van der Waals surface area (Å²) in [4.78, 5) is 14.5. The number of ketones is 1. The van der Waals surface area contributed by atoms with E-state index in [1.807, 2.05) is 18.4 Å². The molecule has 0 aromatic heterocycles. The third kappa shape index (κ3) is 3.35. The van der Waals surface area contributed by atoms with Crippen molar-refractivity contribution >= 4 is 5.78 Å². The Morgan fingerprint density at radius 3 is 2.63 bits per heavy atom. The standard InChI is InChI=1S/C16H24N2O/c1-3-9-18(10-4-2)11-8-13-12-17-14-6-5-7-15(19)16(13)14/h5-7,12,16-17H,3-4,8-11H2,1-2H3. The molecule has 0 saturated carbocycles. The molecule has 0 saturated heterocycles. The van der Waals surface area contributed by atoms with Gasteiger partial charge in [0, 0.05) is 18.4 Å². The molecule has 1 aliphatic carbocycles.